The summed E-state index contributed by atoms with van der Waals surface area (Å²) >= 11 is 0. The van der Waals surface area contributed by atoms with Crippen LogP contribution in [0.25, 0.3) is 0 Å². The van der Waals surface area contributed by atoms with Gasteiger partial charge in [-0.1, -0.05) is 5.22 Å². The number of benzene rings is 1. The summed E-state index contributed by atoms with van der Waals surface area (Å²) in [6.45, 7) is 8.52. The van der Waals surface area contributed by atoms with E-state index in [4.69, 9.17) is 0 Å². The molecule has 0 aliphatic carbocycles. The number of rotatable bonds is 7. The lowest BCUT2D eigenvalue weighted by molar-refractivity contribution is -0.289. The summed E-state index contributed by atoms with van der Waals surface area (Å²) in [5.41, 5.74) is -2.58. The normalized spacial score (nSPS) is 12.9. The number of hydrogen-bond donors (Lipinski definition) is 0. The second kappa shape index (κ2) is 8.62. The van der Waals surface area contributed by atoms with Crippen molar-refractivity contribution in [2.45, 2.75) is 58.8 Å². The third-order valence-electron chi connectivity index (χ3n) is 3.52. The minimum Gasteiger partial charge on any atom is -0.462 e. The third-order valence-corrected chi connectivity index (χ3v) is 3.52. The number of halogens is 5. The Labute approximate surface area is 154 Å². The molecule has 0 fully saturated rings. The average Bonchev–Trinajstić information content (AvgIpc) is 2.53. The second-order valence-electron chi connectivity index (χ2n) is 6.28. The molecule has 27 heavy (non-hydrogen) atoms. The monoisotopic (exact) mass is 395 g/mol. The molecule has 10 heteroatoms. The molecule has 0 N–H and O–H groups in total. The van der Waals surface area contributed by atoms with Crippen LogP contribution in [0.15, 0.2) is 28.5 Å². The maximum absolute atomic E-state index is 14.0. The molecule has 0 aromatic heterocycles. The Kier molecular flexibility index (Phi) is 7.27. The highest BCUT2D eigenvalue weighted by molar-refractivity contribution is 5.90. The molecule has 0 aliphatic heterocycles. The van der Waals surface area contributed by atoms with Crippen molar-refractivity contribution >= 4 is 11.7 Å². The first-order valence-electron chi connectivity index (χ1n) is 8.29. The number of alkyl halides is 5. The van der Waals surface area contributed by atoms with E-state index in [0.717, 1.165) is 12.1 Å². The number of esters is 1. The van der Waals surface area contributed by atoms with Crippen molar-refractivity contribution in [3.8, 4) is 0 Å². The van der Waals surface area contributed by atoms with E-state index in [-0.39, 0.29) is 18.7 Å². The van der Waals surface area contributed by atoms with Gasteiger partial charge in [0.1, 0.15) is 0 Å². The van der Waals surface area contributed by atoms with E-state index in [1.807, 2.05) is 0 Å². The Bertz CT molecular complexity index is 680. The zero-order chi connectivity index (χ0) is 21.0. The van der Waals surface area contributed by atoms with Gasteiger partial charge in [0.2, 0.25) is 0 Å². The number of carbonyl (C=O) groups is 1. The molecule has 1 aromatic carbocycles. The van der Waals surface area contributed by atoms with Crippen LogP contribution in [0, 0.1) is 0 Å². The SMILES string of the molecule is CCOC(=O)c1ccc(N=NN(C(C)C)C(C)C)c(C(F)(F)C(F)(F)F)c1. The first-order valence-corrected chi connectivity index (χ1v) is 8.29. The fourth-order valence-electron chi connectivity index (χ4n) is 2.27. The predicted octanol–water partition coefficient (Wildman–Crippen LogP) is 5.63. The van der Waals surface area contributed by atoms with Gasteiger partial charge in [-0.15, -0.1) is 5.11 Å². The van der Waals surface area contributed by atoms with E-state index in [0.29, 0.717) is 6.07 Å². The Hall–Kier alpha value is -2.26. The summed E-state index contributed by atoms with van der Waals surface area (Å²) in [5.74, 6) is -6.23. The van der Waals surface area contributed by atoms with Crippen LogP contribution in [-0.4, -0.2) is 35.8 Å². The molecule has 0 amide bonds. The zero-order valence-electron chi connectivity index (χ0n) is 15.6. The Balaban J connectivity index is 3.49. The highest BCUT2D eigenvalue weighted by Crippen LogP contribution is 2.47. The van der Waals surface area contributed by atoms with Gasteiger partial charge in [0.15, 0.2) is 0 Å². The molecule has 152 valence electrons. The molecule has 1 rings (SSSR count). The summed E-state index contributed by atoms with van der Waals surface area (Å²) in [6.07, 6.45) is -5.86. The zero-order valence-corrected chi connectivity index (χ0v) is 15.6. The van der Waals surface area contributed by atoms with Gasteiger partial charge >= 0.3 is 18.1 Å². The third kappa shape index (κ3) is 5.36. The molecule has 5 nitrogen and oxygen atoms in total. The summed E-state index contributed by atoms with van der Waals surface area (Å²) in [7, 11) is 0. The van der Waals surface area contributed by atoms with E-state index < -0.39 is 34.9 Å². The molecular formula is C17H22F5N3O2. The largest absolute Gasteiger partial charge is 0.462 e. The quantitative estimate of drug-likeness (QED) is 0.260. The molecule has 0 spiro atoms. The summed E-state index contributed by atoms with van der Waals surface area (Å²) in [4.78, 5) is 11.7. The molecule has 0 unspecified atom stereocenters. The lowest BCUT2D eigenvalue weighted by Gasteiger charge is -2.26. The van der Waals surface area contributed by atoms with Crippen LogP contribution in [0.4, 0.5) is 27.6 Å². The maximum Gasteiger partial charge on any atom is 0.458 e. The minimum atomic E-state index is -5.86. The van der Waals surface area contributed by atoms with Crippen molar-refractivity contribution in [2.24, 2.45) is 10.3 Å². The molecule has 0 bridgehead atoms. The van der Waals surface area contributed by atoms with Gasteiger partial charge < -0.3 is 4.74 Å². The van der Waals surface area contributed by atoms with Gasteiger partial charge in [0.05, 0.1) is 23.4 Å². The van der Waals surface area contributed by atoms with Crippen LogP contribution >= 0.6 is 0 Å². The number of ether oxygens (including phenoxy) is 1. The molecular weight excluding hydrogens is 373 g/mol. The Morgan fingerprint density at radius 2 is 1.67 bits per heavy atom. The van der Waals surface area contributed by atoms with Crippen molar-refractivity contribution in [3.63, 3.8) is 0 Å². The smallest absolute Gasteiger partial charge is 0.458 e. The standard InChI is InChI=1S/C17H22F5N3O2/c1-6-27-15(26)12-7-8-14(23-24-25(10(2)3)11(4)5)13(9-12)16(18,19)17(20,21)22/h7-11H,6H2,1-5H3. The van der Waals surface area contributed by atoms with Crippen LogP contribution < -0.4 is 0 Å². The van der Waals surface area contributed by atoms with E-state index >= 15 is 0 Å². The lowest BCUT2D eigenvalue weighted by atomic mass is 10.0. The van der Waals surface area contributed by atoms with Crippen LogP contribution in [0.1, 0.15) is 50.5 Å². The summed E-state index contributed by atoms with van der Waals surface area (Å²) in [5, 5.41) is 8.85. The highest BCUT2D eigenvalue weighted by atomic mass is 19.4. The molecule has 0 radical (unpaired) electrons. The van der Waals surface area contributed by atoms with Crippen LogP contribution in [0.5, 0.6) is 0 Å². The van der Waals surface area contributed by atoms with Crippen LogP contribution in [0.3, 0.4) is 0 Å². The number of nitrogens with zero attached hydrogens (tertiary/aromatic N) is 3. The molecule has 0 atom stereocenters. The van der Waals surface area contributed by atoms with Gasteiger partial charge in [-0.05, 0) is 52.8 Å². The second-order valence-corrected chi connectivity index (χ2v) is 6.28. The first kappa shape index (κ1) is 22.8. The van der Waals surface area contributed by atoms with Gasteiger partial charge in [-0.2, -0.15) is 22.0 Å². The van der Waals surface area contributed by atoms with Crippen molar-refractivity contribution in [1.82, 2.24) is 5.01 Å². The Morgan fingerprint density at radius 1 is 1.11 bits per heavy atom. The van der Waals surface area contributed by atoms with Gasteiger partial charge in [0, 0.05) is 12.1 Å². The number of hydrogen-bond acceptors (Lipinski definition) is 4. The van der Waals surface area contributed by atoms with Crippen molar-refractivity contribution in [2.75, 3.05) is 6.61 Å². The molecule has 0 saturated carbocycles. The van der Waals surface area contributed by atoms with E-state index in [1.165, 1.54) is 11.9 Å². The average molecular weight is 395 g/mol. The van der Waals surface area contributed by atoms with Gasteiger partial charge in [-0.25, -0.2) is 4.79 Å². The molecule has 0 saturated heterocycles. The highest BCUT2D eigenvalue weighted by Gasteiger charge is 2.60. The predicted molar refractivity (Wildman–Crippen MR) is 89.0 cm³/mol. The molecule has 0 aliphatic rings. The fourth-order valence-corrected chi connectivity index (χ4v) is 2.27. The maximum atomic E-state index is 14.0. The van der Waals surface area contributed by atoms with Crippen molar-refractivity contribution < 1.29 is 31.5 Å². The van der Waals surface area contributed by atoms with E-state index in [2.05, 4.69) is 15.1 Å². The minimum absolute atomic E-state index is 0.0526. The first-order chi connectivity index (χ1) is 12.3. The van der Waals surface area contributed by atoms with Gasteiger partial charge in [0.25, 0.3) is 0 Å². The molecule has 1 aromatic rings. The Morgan fingerprint density at radius 3 is 2.11 bits per heavy atom. The van der Waals surface area contributed by atoms with Crippen molar-refractivity contribution in [3.05, 3.63) is 29.3 Å². The topological polar surface area (TPSA) is 54.3 Å². The van der Waals surface area contributed by atoms with Crippen molar-refractivity contribution in [1.29, 1.82) is 0 Å². The van der Waals surface area contributed by atoms with Gasteiger partial charge in [-0.3, -0.25) is 5.01 Å². The number of carbonyl (C=O) groups excluding carboxylic acids is 1. The molecule has 0 heterocycles. The van der Waals surface area contributed by atoms with E-state index in [1.54, 1.807) is 27.7 Å². The lowest BCUT2D eigenvalue weighted by Crippen LogP contribution is -2.34. The summed E-state index contributed by atoms with van der Waals surface area (Å²) in [6, 6.07) is 2.09. The fraction of sp³-hybridized carbons (Fsp3) is 0.588. The van der Waals surface area contributed by atoms with E-state index in [9.17, 15) is 26.7 Å². The summed E-state index contributed by atoms with van der Waals surface area (Å²) < 4.78 is 71.3. The van der Waals surface area contributed by atoms with Crippen LogP contribution in [0.2, 0.25) is 0 Å². The van der Waals surface area contributed by atoms with Crippen LogP contribution in [-0.2, 0) is 10.7 Å².